The zero-order chi connectivity index (χ0) is 18.6. The van der Waals surface area contributed by atoms with Crippen LogP contribution in [-0.2, 0) is 17.7 Å². The molecule has 0 bridgehead atoms. The smallest absolute Gasteiger partial charge is 0.207 e. The third-order valence-electron chi connectivity index (χ3n) is 4.89. The number of nitrogens with two attached hydrogens (primary N) is 1. The number of hydrogen-bond acceptors (Lipinski definition) is 4. The van der Waals surface area contributed by atoms with Crippen LogP contribution in [0.5, 0.6) is 0 Å². The van der Waals surface area contributed by atoms with E-state index >= 15 is 0 Å². The van der Waals surface area contributed by atoms with Gasteiger partial charge in [0.1, 0.15) is 6.04 Å². The molecule has 0 amide bonds. The van der Waals surface area contributed by atoms with Crippen LogP contribution in [0.2, 0.25) is 0 Å². The summed E-state index contributed by atoms with van der Waals surface area (Å²) in [5, 5.41) is 2.06. The minimum atomic E-state index is 0.0317. The Morgan fingerprint density at radius 2 is 1.70 bits per heavy atom. The highest BCUT2D eigenvalue weighted by atomic mass is 32.1. The summed E-state index contributed by atoms with van der Waals surface area (Å²) < 4.78 is 0. The summed E-state index contributed by atoms with van der Waals surface area (Å²) in [4.78, 5) is 8.68. The van der Waals surface area contributed by atoms with Crippen molar-refractivity contribution in [3.63, 3.8) is 0 Å². The van der Waals surface area contributed by atoms with Crippen molar-refractivity contribution in [2.45, 2.75) is 31.8 Å². The molecule has 0 saturated carbocycles. The monoisotopic (exact) mass is 376 g/mol. The van der Waals surface area contributed by atoms with Crippen LogP contribution in [0.1, 0.15) is 39.9 Å². The summed E-state index contributed by atoms with van der Waals surface area (Å²) in [7, 11) is 0. The highest BCUT2D eigenvalue weighted by Crippen LogP contribution is 2.41. The Kier molecular flexibility index (Phi) is 5.28. The maximum absolute atomic E-state index is 6.10. The fourth-order valence-corrected chi connectivity index (χ4v) is 4.53. The Bertz CT molecular complexity index is 904. The van der Waals surface area contributed by atoms with E-state index in [2.05, 4.69) is 72.7 Å². The summed E-state index contributed by atoms with van der Waals surface area (Å²) in [6, 6.07) is 25.6. The fourth-order valence-electron chi connectivity index (χ4n) is 3.51. The third kappa shape index (κ3) is 3.92. The second kappa shape index (κ2) is 7.99. The van der Waals surface area contributed by atoms with Gasteiger partial charge in [0.05, 0.1) is 6.04 Å². The van der Waals surface area contributed by atoms with E-state index in [1.807, 2.05) is 29.5 Å². The minimum Gasteiger partial charge on any atom is -0.387 e. The first-order valence-corrected chi connectivity index (χ1v) is 10.2. The first kappa shape index (κ1) is 17.8. The predicted octanol–water partition coefficient (Wildman–Crippen LogP) is 5.38. The SMILES string of the molecule is CCc1ccc(C2C=C(N)ON2C(Cc2ccccc2)c2ccccc2)s1. The van der Waals surface area contributed by atoms with Crippen LogP contribution in [0.25, 0.3) is 0 Å². The van der Waals surface area contributed by atoms with E-state index in [0.29, 0.717) is 5.88 Å². The molecule has 0 saturated heterocycles. The van der Waals surface area contributed by atoms with Crippen molar-refractivity contribution in [3.8, 4) is 0 Å². The Hall–Kier alpha value is -2.56. The molecule has 1 aliphatic rings. The number of benzene rings is 2. The molecule has 138 valence electrons. The van der Waals surface area contributed by atoms with Crippen LogP contribution in [-0.4, -0.2) is 5.06 Å². The highest BCUT2D eigenvalue weighted by Gasteiger charge is 2.35. The fraction of sp³-hybridized carbons (Fsp3) is 0.217. The molecular weight excluding hydrogens is 352 g/mol. The van der Waals surface area contributed by atoms with E-state index < -0.39 is 0 Å². The highest BCUT2D eigenvalue weighted by molar-refractivity contribution is 7.12. The predicted molar refractivity (Wildman–Crippen MR) is 111 cm³/mol. The average Bonchev–Trinajstić information content (AvgIpc) is 3.34. The van der Waals surface area contributed by atoms with E-state index in [0.717, 1.165) is 12.8 Å². The zero-order valence-electron chi connectivity index (χ0n) is 15.4. The lowest BCUT2D eigenvalue weighted by atomic mass is 9.97. The van der Waals surface area contributed by atoms with E-state index in [9.17, 15) is 0 Å². The van der Waals surface area contributed by atoms with Crippen LogP contribution in [0.3, 0.4) is 0 Å². The summed E-state index contributed by atoms with van der Waals surface area (Å²) in [5.74, 6) is 0.473. The number of hydrogen-bond donors (Lipinski definition) is 1. The van der Waals surface area contributed by atoms with E-state index in [-0.39, 0.29) is 12.1 Å². The molecule has 3 aromatic rings. The maximum atomic E-state index is 6.10. The third-order valence-corrected chi connectivity index (χ3v) is 6.19. The molecule has 0 fully saturated rings. The zero-order valence-corrected chi connectivity index (χ0v) is 16.2. The number of hydroxylamine groups is 2. The lowest BCUT2D eigenvalue weighted by Gasteiger charge is -2.31. The van der Waals surface area contributed by atoms with Gasteiger partial charge >= 0.3 is 0 Å². The van der Waals surface area contributed by atoms with Crippen molar-refractivity contribution >= 4 is 11.3 Å². The van der Waals surface area contributed by atoms with Crippen molar-refractivity contribution in [1.29, 1.82) is 0 Å². The molecule has 2 atom stereocenters. The topological polar surface area (TPSA) is 38.5 Å². The van der Waals surface area contributed by atoms with Gasteiger partial charge in [-0.15, -0.1) is 16.4 Å². The summed E-state index contributed by atoms with van der Waals surface area (Å²) in [6.07, 6.45) is 3.92. The molecule has 2 unspecified atom stereocenters. The van der Waals surface area contributed by atoms with Gasteiger partial charge < -0.3 is 10.6 Å². The Morgan fingerprint density at radius 3 is 2.37 bits per heavy atom. The number of aryl methyl sites for hydroxylation is 1. The molecule has 0 spiro atoms. The van der Waals surface area contributed by atoms with Gasteiger partial charge in [0.25, 0.3) is 0 Å². The van der Waals surface area contributed by atoms with E-state index in [4.69, 9.17) is 10.6 Å². The Morgan fingerprint density at radius 1 is 1.00 bits per heavy atom. The summed E-state index contributed by atoms with van der Waals surface area (Å²) in [5.41, 5.74) is 8.60. The van der Waals surface area contributed by atoms with E-state index in [1.165, 1.54) is 20.9 Å². The number of rotatable bonds is 6. The normalized spacial score (nSPS) is 18.1. The van der Waals surface area contributed by atoms with Crippen molar-refractivity contribution in [1.82, 2.24) is 5.06 Å². The molecule has 4 heteroatoms. The molecule has 1 aliphatic heterocycles. The van der Waals surface area contributed by atoms with Crippen molar-refractivity contribution in [2.24, 2.45) is 5.73 Å². The second-order valence-corrected chi connectivity index (χ2v) is 7.94. The summed E-state index contributed by atoms with van der Waals surface area (Å²) >= 11 is 1.83. The molecule has 3 nitrogen and oxygen atoms in total. The lowest BCUT2D eigenvalue weighted by molar-refractivity contribution is -0.153. The van der Waals surface area contributed by atoms with Crippen LogP contribution >= 0.6 is 11.3 Å². The standard InChI is InChI=1S/C23H24N2OS/c1-2-19-13-14-22(27-19)21-16-23(24)26-25(21)20(18-11-7-4-8-12-18)15-17-9-5-3-6-10-17/h3-14,16,20-21H,2,15,24H2,1H3. The molecule has 0 radical (unpaired) electrons. The van der Waals surface area contributed by atoms with Crippen molar-refractivity contribution in [3.05, 3.63) is 106 Å². The number of thiophene rings is 1. The Labute approximate surface area is 164 Å². The first-order valence-electron chi connectivity index (χ1n) is 9.35. The quantitative estimate of drug-likeness (QED) is 0.627. The van der Waals surface area contributed by atoms with Gasteiger partial charge in [0.15, 0.2) is 0 Å². The largest absolute Gasteiger partial charge is 0.387 e. The van der Waals surface area contributed by atoms with Crippen LogP contribution < -0.4 is 5.73 Å². The molecule has 4 rings (SSSR count). The molecule has 1 aromatic heterocycles. The van der Waals surface area contributed by atoms with Crippen molar-refractivity contribution in [2.75, 3.05) is 0 Å². The molecule has 0 aliphatic carbocycles. The average molecular weight is 377 g/mol. The van der Waals surface area contributed by atoms with Gasteiger partial charge in [-0.3, -0.25) is 0 Å². The first-order chi connectivity index (χ1) is 13.2. The van der Waals surface area contributed by atoms with Crippen LogP contribution in [0.15, 0.2) is 84.8 Å². The molecule has 2 heterocycles. The van der Waals surface area contributed by atoms with Gasteiger partial charge in [0, 0.05) is 15.8 Å². The lowest BCUT2D eigenvalue weighted by Crippen LogP contribution is -2.30. The molecule has 2 N–H and O–H groups in total. The van der Waals surface area contributed by atoms with Gasteiger partial charge in [0.2, 0.25) is 5.88 Å². The van der Waals surface area contributed by atoms with Gasteiger partial charge in [-0.1, -0.05) is 67.6 Å². The van der Waals surface area contributed by atoms with E-state index in [1.54, 1.807) is 0 Å². The summed E-state index contributed by atoms with van der Waals surface area (Å²) in [6.45, 7) is 2.19. The number of nitrogens with zero attached hydrogens (tertiary/aromatic N) is 1. The van der Waals surface area contributed by atoms with Crippen molar-refractivity contribution < 1.29 is 4.84 Å². The van der Waals surface area contributed by atoms with Gasteiger partial charge in [-0.05, 0) is 36.1 Å². The second-order valence-electron chi connectivity index (χ2n) is 6.74. The maximum Gasteiger partial charge on any atom is 0.207 e. The Balaban J connectivity index is 1.69. The van der Waals surface area contributed by atoms with Gasteiger partial charge in [-0.2, -0.15) is 0 Å². The van der Waals surface area contributed by atoms with Crippen LogP contribution in [0, 0.1) is 0 Å². The van der Waals surface area contributed by atoms with Gasteiger partial charge in [-0.25, -0.2) is 0 Å². The minimum absolute atomic E-state index is 0.0317. The molecule has 27 heavy (non-hydrogen) atoms. The van der Waals surface area contributed by atoms with Crippen LogP contribution in [0.4, 0.5) is 0 Å². The molecule has 2 aromatic carbocycles. The molecular formula is C23H24N2OS.